The second kappa shape index (κ2) is 11.9. The third-order valence-corrected chi connectivity index (χ3v) is 5.57. The van der Waals surface area contributed by atoms with Crippen molar-refractivity contribution in [2.45, 2.75) is 51.1 Å². The van der Waals surface area contributed by atoms with Crippen LogP contribution in [-0.4, -0.2) is 46.8 Å². The molecule has 1 aliphatic rings. The van der Waals surface area contributed by atoms with Gasteiger partial charge in [0.2, 0.25) is 11.8 Å². The quantitative estimate of drug-likeness (QED) is 0.229. The van der Waals surface area contributed by atoms with Crippen LogP contribution in [0.15, 0.2) is 30.5 Å². The fraction of sp³-hybridized carbons (Fsp3) is 0.524. The van der Waals surface area contributed by atoms with E-state index in [1.807, 2.05) is 0 Å². The zero-order valence-corrected chi connectivity index (χ0v) is 18.5. The van der Waals surface area contributed by atoms with Gasteiger partial charge in [-0.3, -0.25) is 10.1 Å². The SMILES string of the molecule is O=[N+]([O-])c1cnc(NCc2ccccc2OC(F)(F)F)nc1NCC1CCC(NCC(F)F)CC1. The number of hydrogen-bond acceptors (Lipinski definition) is 8. The Balaban J connectivity index is 1.60. The van der Waals surface area contributed by atoms with Crippen molar-refractivity contribution in [2.75, 3.05) is 23.7 Å². The number of aromatic nitrogens is 2. The van der Waals surface area contributed by atoms with Gasteiger partial charge in [-0.1, -0.05) is 18.2 Å². The van der Waals surface area contributed by atoms with Gasteiger partial charge in [0.1, 0.15) is 11.9 Å². The molecule has 3 N–H and O–H groups in total. The zero-order chi connectivity index (χ0) is 25.4. The van der Waals surface area contributed by atoms with Crippen LogP contribution in [0, 0.1) is 16.0 Å². The minimum atomic E-state index is -4.85. The Morgan fingerprint density at radius 1 is 1.14 bits per heavy atom. The first-order chi connectivity index (χ1) is 16.6. The number of anilines is 2. The first-order valence-corrected chi connectivity index (χ1v) is 10.9. The number of halogens is 5. The molecule has 0 amide bonds. The predicted molar refractivity (Wildman–Crippen MR) is 117 cm³/mol. The number of para-hydroxylation sites is 1. The first-order valence-electron chi connectivity index (χ1n) is 10.9. The molecule has 35 heavy (non-hydrogen) atoms. The van der Waals surface area contributed by atoms with Crippen LogP contribution in [-0.2, 0) is 6.54 Å². The van der Waals surface area contributed by atoms with E-state index in [0.29, 0.717) is 6.54 Å². The lowest BCUT2D eigenvalue weighted by Gasteiger charge is -2.29. The van der Waals surface area contributed by atoms with Crippen molar-refractivity contribution >= 4 is 17.5 Å². The van der Waals surface area contributed by atoms with E-state index in [4.69, 9.17) is 0 Å². The number of nitrogens with one attached hydrogen (secondary N) is 3. The van der Waals surface area contributed by atoms with Crippen LogP contribution in [0.1, 0.15) is 31.2 Å². The molecule has 0 unspecified atom stereocenters. The van der Waals surface area contributed by atoms with Crippen molar-refractivity contribution in [3.63, 3.8) is 0 Å². The number of rotatable bonds is 11. The molecule has 14 heteroatoms. The molecule has 1 fully saturated rings. The standard InChI is InChI=1S/C21H25F5N6O3/c22-18(23)12-27-15-7-5-13(6-8-15)9-28-19-16(32(33)34)11-30-20(31-19)29-10-14-3-1-2-4-17(14)35-21(24,25)26/h1-4,11,13,15,18,27H,5-10,12H2,(H2,28,29,30,31). The van der Waals surface area contributed by atoms with Crippen molar-refractivity contribution < 1.29 is 31.6 Å². The Morgan fingerprint density at radius 2 is 1.86 bits per heavy atom. The van der Waals surface area contributed by atoms with Gasteiger partial charge in [0, 0.05) is 24.7 Å². The molecule has 0 spiro atoms. The summed E-state index contributed by atoms with van der Waals surface area (Å²) < 4.78 is 66.6. The molecule has 1 aromatic carbocycles. The molecule has 0 saturated heterocycles. The van der Waals surface area contributed by atoms with Gasteiger partial charge in [0.15, 0.2) is 0 Å². The van der Waals surface area contributed by atoms with Crippen molar-refractivity contribution in [2.24, 2.45) is 5.92 Å². The molecule has 192 valence electrons. The molecule has 0 radical (unpaired) electrons. The Morgan fingerprint density at radius 3 is 2.51 bits per heavy atom. The number of ether oxygens (including phenoxy) is 1. The van der Waals surface area contributed by atoms with Gasteiger partial charge in [-0.05, 0) is 37.7 Å². The summed E-state index contributed by atoms with van der Waals surface area (Å²) in [7, 11) is 0. The highest BCUT2D eigenvalue weighted by Gasteiger charge is 2.32. The largest absolute Gasteiger partial charge is 0.573 e. The van der Waals surface area contributed by atoms with Gasteiger partial charge in [0.25, 0.3) is 6.43 Å². The second-order valence-electron chi connectivity index (χ2n) is 8.09. The summed E-state index contributed by atoms with van der Waals surface area (Å²) in [5.74, 6) is -0.242. The normalized spacial score (nSPS) is 18.3. The van der Waals surface area contributed by atoms with Gasteiger partial charge in [-0.25, -0.2) is 13.8 Å². The first kappa shape index (κ1) is 26.3. The van der Waals surface area contributed by atoms with E-state index in [2.05, 4.69) is 30.7 Å². The summed E-state index contributed by atoms with van der Waals surface area (Å²) in [4.78, 5) is 18.8. The molecule has 0 bridgehead atoms. The minimum Gasteiger partial charge on any atom is -0.405 e. The molecule has 1 aliphatic carbocycles. The number of hydrogen-bond donors (Lipinski definition) is 3. The molecule has 1 heterocycles. The average Bonchev–Trinajstić information content (AvgIpc) is 2.80. The van der Waals surface area contributed by atoms with Gasteiger partial charge >= 0.3 is 12.0 Å². The zero-order valence-electron chi connectivity index (χ0n) is 18.5. The average molecular weight is 504 g/mol. The Bertz CT molecular complexity index is 986. The van der Waals surface area contributed by atoms with Gasteiger partial charge in [-0.2, -0.15) is 4.98 Å². The van der Waals surface area contributed by atoms with Crippen molar-refractivity contribution in [3.8, 4) is 5.75 Å². The lowest BCUT2D eigenvalue weighted by atomic mass is 9.86. The van der Waals surface area contributed by atoms with E-state index in [0.717, 1.165) is 31.9 Å². The summed E-state index contributed by atoms with van der Waals surface area (Å²) in [5.41, 5.74) is -0.151. The van der Waals surface area contributed by atoms with Crippen LogP contribution in [0.3, 0.4) is 0 Å². The monoisotopic (exact) mass is 504 g/mol. The van der Waals surface area contributed by atoms with Crippen molar-refractivity contribution in [1.82, 2.24) is 15.3 Å². The number of nitrogens with zero attached hydrogens (tertiary/aromatic N) is 3. The summed E-state index contributed by atoms with van der Waals surface area (Å²) in [6.07, 6.45) is -3.28. The van der Waals surface area contributed by atoms with Crippen LogP contribution in [0.4, 0.5) is 39.4 Å². The third kappa shape index (κ3) is 8.46. The Kier molecular flexibility index (Phi) is 8.95. The van der Waals surface area contributed by atoms with E-state index in [-0.39, 0.29) is 53.8 Å². The van der Waals surface area contributed by atoms with E-state index in [1.165, 1.54) is 18.2 Å². The highest BCUT2D eigenvalue weighted by atomic mass is 19.4. The van der Waals surface area contributed by atoms with Crippen LogP contribution in [0.5, 0.6) is 5.75 Å². The van der Waals surface area contributed by atoms with Crippen LogP contribution in [0.25, 0.3) is 0 Å². The molecule has 0 atom stereocenters. The summed E-state index contributed by atoms with van der Waals surface area (Å²) in [6, 6.07) is 5.57. The molecule has 2 aromatic rings. The van der Waals surface area contributed by atoms with Gasteiger partial charge in [0.05, 0.1) is 11.5 Å². The smallest absolute Gasteiger partial charge is 0.405 e. The highest BCUT2D eigenvalue weighted by Crippen LogP contribution is 2.29. The molecule has 9 nitrogen and oxygen atoms in total. The summed E-state index contributed by atoms with van der Waals surface area (Å²) in [5, 5.41) is 19.9. The second-order valence-corrected chi connectivity index (χ2v) is 8.09. The van der Waals surface area contributed by atoms with Crippen LogP contribution >= 0.6 is 0 Å². The van der Waals surface area contributed by atoms with E-state index < -0.39 is 17.7 Å². The Labute approximate surface area is 197 Å². The molecule has 3 rings (SSSR count). The number of alkyl halides is 5. The number of benzene rings is 1. The Hall–Kier alpha value is -3.29. The number of nitro groups is 1. The molecular weight excluding hydrogens is 479 g/mol. The van der Waals surface area contributed by atoms with Crippen molar-refractivity contribution in [1.29, 1.82) is 0 Å². The van der Waals surface area contributed by atoms with Crippen LogP contribution < -0.4 is 20.7 Å². The lowest BCUT2D eigenvalue weighted by Crippen LogP contribution is -2.37. The molecular formula is C21H25F5N6O3. The van der Waals surface area contributed by atoms with Crippen LogP contribution in [0.2, 0.25) is 0 Å². The van der Waals surface area contributed by atoms with Gasteiger partial charge in [-0.15, -0.1) is 13.2 Å². The maximum Gasteiger partial charge on any atom is 0.573 e. The summed E-state index contributed by atoms with van der Waals surface area (Å²) in [6.45, 7) is -0.0659. The van der Waals surface area contributed by atoms with E-state index in [9.17, 15) is 32.1 Å². The highest BCUT2D eigenvalue weighted by molar-refractivity contribution is 5.57. The fourth-order valence-corrected chi connectivity index (χ4v) is 3.84. The van der Waals surface area contributed by atoms with Gasteiger partial charge < -0.3 is 20.7 Å². The molecule has 1 saturated carbocycles. The maximum absolute atomic E-state index is 12.6. The summed E-state index contributed by atoms with van der Waals surface area (Å²) >= 11 is 0. The van der Waals surface area contributed by atoms with E-state index >= 15 is 0 Å². The maximum atomic E-state index is 12.6. The molecule has 1 aromatic heterocycles. The van der Waals surface area contributed by atoms with Crippen molar-refractivity contribution in [3.05, 3.63) is 46.1 Å². The topological polar surface area (TPSA) is 114 Å². The van der Waals surface area contributed by atoms with E-state index in [1.54, 1.807) is 6.07 Å². The fourth-order valence-electron chi connectivity index (χ4n) is 3.84. The predicted octanol–water partition coefficient (Wildman–Crippen LogP) is 4.72. The third-order valence-electron chi connectivity index (χ3n) is 5.57. The lowest BCUT2D eigenvalue weighted by molar-refractivity contribution is -0.384. The minimum absolute atomic E-state index is 0.0141. The molecule has 0 aliphatic heterocycles.